The molecule has 0 saturated carbocycles. The van der Waals surface area contributed by atoms with Crippen molar-refractivity contribution in [3.05, 3.63) is 12.3 Å². The molecule has 0 bridgehead atoms. The molecule has 0 N–H and O–H groups in total. The summed E-state index contributed by atoms with van der Waals surface area (Å²) in [6.07, 6.45) is 5.26. The second-order valence-electron chi connectivity index (χ2n) is 3.07. The van der Waals surface area contributed by atoms with Crippen LogP contribution >= 0.6 is 0 Å². The molecule has 1 saturated heterocycles. The topological polar surface area (TPSA) is 40.6 Å². The van der Waals surface area contributed by atoms with Crippen molar-refractivity contribution in [2.75, 3.05) is 7.05 Å². The van der Waals surface area contributed by atoms with Gasteiger partial charge in [0.25, 0.3) is 5.91 Å². The molecule has 2 rings (SSSR count). The number of likely N-dealkylation sites (N-methyl/N-ethyl adjacent to an activating group) is 1. The molecule has 1 unspecified atom stereocenters. The molecule has 1 fully saturated rings. The van der Waals surface area contributed by atoms with E-state index >= 15 is 0 Å². The van der Waals surface area contributed by atoms with Crippen molar-refractivity contribution < 1.29 is 9.59 Å². The quantitative estimate of drug-likeness (QED) is 0.493. The average molecular weight is 166 g/mol. The van der Waals surface area contributed by atoms with Crippen LogP contribution in [0.5, 0.6) is 0 Å². The first-order chi connectivity index (χ1) is 5.72. The number of fused-ring (bicyclic) bond motifs is 1. The third kappa shape index (κ3) is 0.776. The Morgan fingerprint density at radius 1 is 1.50 bits per heavy atom. The number of hydrogen-bond acceptors (Lipinski definition) is 2. The van der Waals surface area contributed by atoms with Crippen molar-refractivity contribution in [3.63, 3.8) is 0 Å². The number of carbonyl (C=O) groups excluding carboxylic acids is 2. The van der Waals surface area contributed by atoms with Crippen molar-refractivity contribution in [2.45, 2.75) is 18.9 Å². The number of allylic oxidation sites excluding steroid dienone is 1. The Bertz CT molecular complexity index is 272. The molecule has 2 aliphatic heterocycles. The number of hydrogen-bond donors (Lipinski definition) is 0. The Morgan fingerprint density at radius 2 is 2.25 bits per heavy atom. The van der Waals surface area contributed by atoms with E-state index in [1.54, 1.807) is 6.20 Å². The Hall–Kier alpha value is -1.32. The fourth-order valence-corrected chi connectivity index (χ4v) is 1.62. The summed E-state index contributed by atoms with van der Waals surface area (Å²) in [7, 11) is 1.52. The highest BCUT2D eigenvalue weighted by molar-refractivity contribution is 6.04. The van der Waals surface area contributed by atoms with Crippen LogP contribution in [0.15, 0.2) is 12.3 Å². The van der Waals surface area contributed by atoms with Gasteiger partial charge in [0.15, 0.2) is 0 Å². The van der Waals surface area contributed by atoms with Crippen LogP contribution < -0.4 is 0 Å². The molecule has 0 aromatic carbocycles. The van der Waals surface area contributed by atoms with Crippen LogP contribution in [0.25, 0.3) is 0 Å². The summed E-state index contributed by atoms with van der Waals surface area (Å²) in [5.74, 6) is -0.0793. The fourth-order valence-electron chi connectivity index (χ4n) is 1.62. The van der Waals surface area contributed by atoms with Crippen LogP contribution in [-0.4, -0.2) is 34.8 Å². The van der Waals surface area contributed by atoms with Crippen molar-refractivity contribution in [3.8, 4) is 0 Å². The van der Waals surface area contributed by atoms with E-state index in [2.05, 4.69) is 0 Å². The van der Waals surface area contributed by atoms with E-state index in [9.17, 15) is 9.59 Å². The van der Waals surface area contributed by atoms with Gasteiger partial charge in [-0.3, -0.25) is 14.6 Å². The molecule has 1 atom stereocenters. The first-order valence-electron chi connectivity index (χ1n) is 3.98. The number of carbonyl (C=O) groups is 2. The van der Waals surface area contributed by atoms with Crippen LogP contribution in [0.2, 0.25) is 0 Å². The predicted octanol–water partition coefficient (Wildman–Crippen LogP) is 0.556. The summed E-state index contributed by atoms with van der Waals surface area (Å²) in [5, 5.41) is 0. The van der Waals surface area contributed by atoms with Gasteiger partial charge in [-0.25, -0.2) is 4.79 Å². The lowest BCUT2D eigenvalue weighted by Gasteiger charge is -2.20. The highest BCUT2D eigenvalue weighted by atomic mass is 16.2. The minimum absolute atomic E-state index is 0.0793. The standard InChI is InChI=1S/C8H10N2O2/c1-9-7(11)6-4-2-3-5-10(6)8(9)12/h3,5-6H,2,4H2,1H3. The van der Waals surface area contributed by atoms with Crippen molar-refractivity contribution in [2.24, 2.45) is 0 Å². The Kier molecular flexibility index (Phi) is 1.43. The Balaban J connectivity index is 2.34. The molecule has 2 heterocycles. The van der Waals surface area contributed by atoms with E-state index in [1.807, 2.05) is 6.08 Å². The van der Waals surface area contributed by atoms with E-state index in [0.29, 0.717) is 0 Å². The third-order valence-electron chi connectivity index (χ3n) is 2.33. The maximum atomic E-state index is 11.4. The number of rotatable bonds is 0. The smallest absolute Gasteiger partial charge is 0.288 e. The normalized spacial score (nSPS) is 28.2. The van der Waals surface area contributed by atoms with Gasteiger partial charge < -0.3 is 0 Å². The molecule has 0 radical (unpaired) electrons. The lowest BCUT2D eigenvalue weighted by atomic mass is 10.1. The van der Waals surface area contributed by atoms with Gasteiger partial charge in [0.2, 0.25) is 0 Å². The van der Waals surface area contributed by atoms with E-state index in [0.717, 1.165) is 12.8 Å². The fraction of sp³-hybridized carbons (Fsp3) is 0.500. The number of nitrogens with zero attached hydrogens (tertiary/aromatic N) is 2. The van der Waals surface area contributed by atoms with Crippen molar-refractivity contribution in [1.82, 2.24) is 9.80 Å². The van der Waals surface area contributed by atoms with E-state index < -0.39 is 0 Å². The van der Waals surface area contributed by atoms with E-state index in [-0.39, 0.29) is 18.0 Å². The molecular formula is C8H10N2O2. The molecule has 0 spiro atoms. The van der Waals surface area contributed by atoms with Gasteiger partial charge in [-0.05, 0) is 12.8 Å². The third-order valence-corrected chi connectivity index (χ3v) is 2.33. The van der Waals surface area contributed by atoms with Crippen LogP contribution in [0.4, 0.5) is 4.79 Å². The molecular weight excluding hydrogens is 156 g/mol. The Labute approximate surface area is 70.4 Å². The number of amides is 3. The lowest BCUT2D eigenvalue weighted by molar-refractivity contribution is -0.127. The SMILES string of the molecule is CN1C(=O)C2CCC=CN2C1=O. The van der Waals surface area contributed by atoms with E-state index in [4.69, 9.17) is 0 Å². The van der Waals surface area contributed by atoms with Crippen molar-refractivity contribution >= 4 is 11.9 Å². The maximum Gasteiger partial charge on any atom is 0.331 e. The van der Waals surface area contributed by atoms with Gasteiger partial charge in [-0.2, -0.15) is 0 Å². The van der Waals surface area contributed by atoms with Gasteiger partial charge >= 0.3 is 6.03 Å². The van der Waals surface area contributed by atoms with Crippen LogP contribution in [-0.2, 0) is 4.79 Å². The van der Waals surface area contributed by atoms with Gasteiger partial charge in [-0.15, -0.1) is 0 Å². The van der Waals surface area contributed by atoms with E-state index in [1.165, 1.54) is 16.8 Å². The van der Waals surface area contributed by atoms with Gasteiger partial charge in [0.05, 0.1) is 0 Å². The van der Waals surface area contributed by atoms with Gasteiger partial charge in [-0.1, -0.05) is 6.08 Å². The summed E-state index contributed by atoms with van der Waals surface area (Å²) in [4.78, 5) is 25.4. The second-order valence-corrected chi connectivity index (χ2v) is 3.07. The molecule has 0 aliphatic carbocycles. The number of imide groups is 1. The predicted molar refractivity (Wildman–Crippen MR) is 42.2 cm³/mol. The average Bonchev–Trinajstić information content (AvgIpc) is 2.33. The molecule has 12 heavy (non-hydrogen) atoms. The summed E-state index contributed by atoms with van der Waals surface area (Å²) < 4.78 is 0. The molecule has 0 aromatic heterocycles. The van der Waals surface area contributed by atoms with Crippen LogP contribution in [0.3, 0.4) is 0 Å². The lowest BCUT2D eigenvalue weighted by Crippen LogP contribution is -2.32. The molecule has 4 heteroatoms. The monoisotopic (exact) mass is 166 g/mol. The first-order valence-corrected chi connectivity index (χ1v) is 3.98. The van der Waals surface area contributed by atoms with Crippen LogP contribution in [0.1, 0.15) is 12.8 Å². The van der Waals surface area contributed by atoms with Gasteiger partial charge in [0, 0.05) is 13.2 Å². The molecule has 2 aliphatic rings. The zero-order valence-corrected chi connectivity index (χ0v) is 6.86. The molecule has 0 aromatic rings. The largest absolute Gasteiger partial charge is 0.331 e. The summed E-state index contributed by atoms with van der Waals surface area (Å²) in [5.41, 5.74) is 0. The zero-order chi connectivity index (χ0) is 8.72. The molecule has 64 valence electrons. The highest BCUT2D eigenvalue weighted by Crippen LogP contribution is 2.23. The van der Waals surface area contributed by atoms with Crippen LogP contribution in [0, 0.1) is 0 Å². The minimum Gasteiger partial charge on any atom is -0.288 e. The summed E-state index contributed by atoms with van der Waals surface area (Å²) in [6, 6.07) is -0.437. The summed E-state index contributed by atoms with van der Waals surface area (Å²) in [6.45, 7) is 0. The second kappa shape index (κ2) is 2.33. The van der Waals surface area contributed by atoms with Crippen molar-refractivity contribution in [1.29, 1.82) is 0 Å². The number of urea groups is 1. The molecule has 3 amide bonds. The highest BCUT2D eigenvalue weighted by Gasteiger charge is 2.42. The molecule has 4 nitrogen and oxygen atoms in total. The maximum absolute atomic E-state index is 11.4. The first kappa shape index (κ1) is 7.34. The Morgan fingerprint density at radius 3 is 2.92 bits per heavy atom. The zero-order valence-electron chi connectivity index (χ0n) is 6.86. The minimum atomic E-state index is -0.229. The van der Waals surface area contributed by atoms with Gasteiger partial charge in [0.1, 0.15) is 6.04 Å². The summed E-state index contributed by atoms with van der Waals surface area (Å²) >= 11 is 0.